The number of guanidine groups is 1. The maximum atomic E-state index is 11.0. The minimum Gasteiger partial charge on any atom is -0.357 e. The largest absolute Gasteiger partial charge is 0.357 e. The van der Waals surface area contributed by atoms with E-state index in [1.165, 1.54) is 24.7 Å². The lowest BCUT2D eigenvalue weighted by atomic mass is 9.96. The van der Waals surface area contributed by atoms with Crippen LogP contribution in [-0.4, -0.2) is 46.8 Å². The van der Waals surface area contributed by atoms with Crippen LogP contribution in [-0.2, 0) is 15.4 Å². The van der Waals surface area contributed by atoms with Gasteiger partial charge < -0.3 is 10.6 Å². The number of halogens is 1. The van der Waals surface area contributed by atoms with E-state index in [4.69, 9.17) is 4.99 Å². The summed E-state index contributed by atoms with van der Waals surface area (Å²) >= 11 is 0. The maximum Gasteiger partial charge on any atom is 0.208 e. The number of benzene rings is 1. The molecule has 0 bridgehead atoms. The molecule has 3 N–H and O–H groups in total. The summed E-state index contributed by atoms with van der Waals surface area (Å²) in [5, 5.41) is 6.50. The van der Waals surface area contributed by atoms with E-state index in [2.05, 4.69) is 39.6 Å². The lowest BCUT2D eigenvalue weighted by molar-refractivity contribution is 0.584. The second-order valence-corrected chi connectivity index (χ2v) is 8.12. The zero-order valence-electron chi connectivity index (χ0n) is 14.9. The van der Waals surface area contributed by atoms with Gasteiger partial charge >= 0.3 is 0 Å². The van der Waals surface area contributed by atoms with Crippen molar-refractivity contribution in [3.05, 3.63) is 35.9 Å². The van der Waals surface area contributed by atoms with Gasteiger partial charge in [0.1, 0.15) is 0 Å². The number of aliphatic imine (C=N–C) groups is 1. The molecule has 1 saturated carbocycles. The molecule has 0 aromatic heterocycles. The first-order valence-corrected chi connectivity index (χ1v) is 10.4. The summed E-state index contributed by atoms with van der Waals surface area (Å²) in [4.78, 5) is 4.73. The van der Waals surface area contributed by atoms with Gasteiger partial charge in [-0.2, -0.15) is 0 Å². The zero-order chi connectivity index (χ0) is 17.5. The summed E-state index contributed by atoms with van der Waals surface area (Å²) < 4.78 is 24.5. The lowest BCUT2D eigenvalue weighted by Crippen LogP contribution is -2.39. The lowest BCUT2D eigenvalue weighted by Gasteiger charge is -2.16. The van der Waals surface area contributed by atoms with E-state index in [1.54, 1.807) is 0 Å². The van der Waals surface area contributed by atoms with E-state index in [0.717, 1.165) is 19.0 Å². The highest BCUT2D eigenvalue weighted by molar-refractivity contribution is 14.0. The summed E-state index contributed by atoms with van der Waals surface area (Å²) in [6, 6.07) is 10.6. The topological polar surface area (TPSA) is 82.6 Å². The van der Waals surface area contributed by atoms with E-state index >= 15 is 0 Å². The minimum atomic E-state index is -3.11. The van der Waals surface area contributed by atoms with Crippen molar-refractivity contribution in [2.75, 3.05) is 32.4 Å². The molecule has 0 radical (unpaired) electrons. The monoisotopic (exact) mass is 480 g/mol. The highest BCUT2D eigenvalue weighted by Crippen LogP contribution is 2.48. The fraction of sp³-hybridized carbons (Fsp3) is 0.588. The average Bonchev–Trinajstić information content (AvgIpc) is 3.33. The molecular weight excluding hydrogens is 451 g/mol. The molecule has 1 aromatic rings. The average molecular weight is 480 g/mol. The number of sulfonamides is 1. The molecule has 0 spiro atoms. The van der Waals surface area contributed by atoms with E-state index in [1.807, 2.05) is 13.0 Å². The van der Waals surface area contributed by atoms with Gasteiger partial charge in [0, 0.05) is 25.0 Å². The predicted octanol–water partition coefficient (Wildman–Crippen LogP) is 1.83. The maximum absolute atomic E-state index is 11.0. The molecule has 1 aliphatic rings. The standard InChI is InChI=1S/C17H28N4O2S.HI/c1-3-18-16(19-12-7-13-21-24(2,22)23)20-14-17(10-11-17)15-8-5-4-6-9-15;/h4-6,8-9,21H,3,7,10-14H2,1-2H3,(H2,18,19,20);1H. The van der Waals surface area contributed by atoms with Crippen LogP contribution in [0.2, 0.25) is 0 Å². The number of hydrogen-bond acceptors (Lipinski definition) is 3. The van der Waals surface area contributed by atoms with Crippen LogP contribution < -0.4 is 15.4 Å². The Labute approximate surface area is 168 Å². The van der Waals surface area contributed by atoms with Gasteiger partial charge in [-0.1, -0.05) is 30.3 Å². The number of nitrogens with one attached hydrogen (secondary N) is 3. The SMILES string of the molecule is CCNC(=NCC1(c2ccccc2)CC1)NCCCNS(C)(=O)=O.I. The van der Waals surface area contributed by atoms with Crippen LogP contribution in [0, 0.1) is 0 Å². The molecular formula is C17H29IN4O2S. The van der Waals surface area contributed by atoms with Gasteiger partial charge in [0.05, 0.1) is 12.8 Å². The van der Waals surface area contributed by atoms with Crippen LogP contribution >= 0.6 is 24.0 Å². The number of hydrogen-bond donors (Lipinski definition) is 3. The molecule has 0 unspecified atom stereocenters. The quantitative estimate of drug-likeness (QED) is 0.218. The van der Waals surface area contributed by atoms with Crippen molar-refractivity contribution in [3.8, 4) is 0 Å². The zero-order valence-corrected chi connectivity index (χ0v) is 18.1. The van der Waals surface area contributed by atoms with Gasteiger partial charge in [-0.3, -0.25) is 4.99 Å². The second-order valence-electron chi connectivity index (χ2n) is 6.29. The number of rotatable bonds is 9. The minimum absolute atomic E-state index is 0. The van der Waals surface area contributed by atoms with E-state index in [-0.39, 0.29) is 29.4 Å². The summed E-state index contributed by atoms with van der Waals surface area (Å²) in [7, 11) is -3.11. The van der Waals surface area contributed by atoms with Crippen molar-refractivity contribution < 1.29 is 8.42 Å². The third-order valence-corrected chi connectivity index (χ3v) is 4.86. The molecule has 1 aliphatic carbocycles. The smallest absolute Gasteiger partial charge is 0.208 e. The Balaban J connectivity index is 0.00000312. The molecule has 6 nitrogen and oxygen atoms in total. The van der Waals surface area contributed by atoms with Crippen molar-refractivity contribution in [2.24, 2.45) is 4.99 Å². The van der Waals surface area contributed by atoms with Crippen LogP contribution in [0.25, 0.3) is 0 Å². The summed E-state index contributed by atoms with van der Waals surface area (Å²) in [6.07, 6.45) is 4.24. The molecule has 1 fully saturated rings. The summed E-state index contributed by atoms with van der Waals surface area (Å²) in [6.45, 7) is 4.71. The Bertz CT molecular complexity index is 646. The first kappa shape index (κ1) is 22.2. The van der Waals surface area contributed by atoms with E-state index in [9.17, 15) is 8.42 Å². The molecule has 25 heavy (non-hydrogen) atoms. The Kier molecular flexibility index (Phi) is 9.15. The van der Waals surface area contributed by atoms with Crippen LogP contribution in [0.5, 0.6) is 0 Å². The molecule has 0 saturated heterocycles. The van der Waals surface area contributed by atoms with Gasteiger partial charge in [0.15, 0.2) is 5.96 Å². The molecule has 0 atom stereocenters. The molecule has 2 rings (SSSR count). The van der Waals surface area contributed by atoms with Crippen molar-refractivity contribution in [1.29, 1.82) is 0 Å². The fourth-order valence-electron chi connectivity index (χ4n) is 2.61. The van der Waals surface area contributed by atoms with Crippen LogP contribution in [0.15, 0.2) is 35.3 Å². The van der Waals surface area contributed by atoms with E-state index in [0.29, 0.717) is 19.5 Å². The van der Waals surface area contributed by atoms with Crippen molar-refractivity contribution in [3.63, 3.8) is 0 Å². The third-order valence-electron chi connectivity index (χ3n) is 4.13. The van der Waals surface area contributed by atoms with Crippen LogP contribution in [0.1, 0.15) is 31.7 Å². The summed E-state index contributed by atoms with van der Waals surface area (Å²) in [5.41, 5.74) is 1.56. The Morgan fingerprint density at radius 3 is 2.40 bits per heavy atom. The van der Waals surface area contributed by atoms with Gasteiger partial charge in [0.2, 0.25) is 10.0 Å². The van der Waals surface area contributed by atoms with Gasteiger partial charge in [-0.25, -0.2) is 13.1 Å². The first-order valence-electron chi connectivity index (χ1n) is 8.47. The first-order chi connectivity index (χ1) is 11.5. The Morgan fingerprint density at radius 2 is 1.84 bits per heavy atom. The van der Waals surface area contributed by atoms with Crippen molar-refractivity contribution in [1.82, 2.24) is 15.4 Å². The number of nitrogens with zero attached hydrogens (tertiary/aromatic N) is 1. The highest BCUT2D eigenvalue weighted by atomic mass is 127. The van der Waals surface area contributed by atoms with Crippen molar-refractivity contribution >= 4 is 40.0 Å². The molecule has 8 heteroatoms. The highest BCUT2D eigenvalue weighted by Gasteiger charge is 2.43. The molecule has 1 aromatic carbocycles. The fourth-order valence-corrected chi connectivity index (χ4v) is 3.12. The molecule has 142 valence electrons. The molecule has 0 amide bonds. The normalized spacial score (nSPS) is 16.0. The van der Waals surface area contributed by atoms with Crippen LogP contribution in [0.3, 0.4) is 0 Å². The summed E-state index contributed by atoms with van der Waals surface area (Å²) in [5.74, 6) is 0.791. The van der Waals surface area contributed by atoms with Crippen molar-refractivity contribution in [2.45, 2.75) is 31.6 Å². The van der Waals surface area contributed by atoms with Crippen LogP contribution in [0.4, 0.5) is 0 Å². The van der Waals surface area contributed by atoms with Gasteiger partial charge in [-0.15, -0.1) is 24.0 Å². The second kappa shape index (κ2) is 10.3. The Hall–Kier alpha value is -0.870. The molecule has 0 aliphatic heterocycles. The van der Waals surface area contributed by atoms with E-state index < -0.39 is 10.0 Å². The van der Waals surface area contributed by atoms with Gasteiger partial charge in [0.25, 0.3) is 0 Å². The van der Waals surface area contributed by atoms with Gasteiger partial charge in [-0.05, 0) is 31.7 Å². The Morgan fingerprint density at radius 1 is 1.16 bits per heavy atom. The predicted molar refractivity (Wildman–Crippen MR) is 114 cm³/mol. The molecule has 0 heterocycles. The third kappa shape index (κ3) is 7.91.